The fourth-order valence-electron chi connectivity index (χ4n) is 3.11. The highest BCUT2D eigenvalue weighted by Gasteiger charge is 2.28. The van der Waals surface area contributed by atoms with Gasteiger partial charge >= 0.3 is 0 Å². The molecule has 25 heavy (non-hydrogen) atoms. The molecule has 2 aliphatic rings. The van der Waals surface area contributed by atoms with Gasteiger partial charge in [0.05, 0.1) is 20.8 Å². The van der Waals surface area contributed by atoms with Crippen molar-refractivity contribution >= 4 is 27.4 Å². The number of aliphatic imine (C=N–C) groups is 1. The standard InChI is InChI=1S/C20H20N2O2S/c1-23-16-7-3-14(4-8-16)18-13-22-12-11-21-20(22)25-19(18)15-5-9-17(24-2)10-6-15/h3-10H,11-13H2,1-2H3. The zero-order valence-corrected chi connectivity index (χ0v) is 15.2. The van der Waals surface area contributed by atoms with E-state index in [0.717, 1.165) is 36.3 Å². The van der Waals surface area contributed by atoms with E-state index in [2.05, 4.69) is 34.2 Å². The van der Waals surface area contributed by atoms with Crippen molar-refractivity contribution in [1.29, 1.82) is 0 Å². The number of hydrogen-bond acceptors (Lipinski definition) is 5. The summed E-state index contributed by atoms with van der Waals surface area (Å²) < 4.78 is 10.6. The summed E-state index contributed by atoms with van der Waals surface area (Å²) in [5.41, 5.74) is 3.76. The Morgan fingerprint density at radius 3 is 2.08 bits per heavy atom. The Bertz CT molecular complexity index is 826. The van der Waals surface area contributed by atoms with Gasteiger partial charge in [-0.15, -0.1) is 0 Å². The van der Waals surface area contributed by atoms with E-state index >= 15 is 0 Å². The van der Waals surface area contributed by atoms with Crippen molar-refractivity contribution < 1.29 is 9.47 Å². The topological polar surface area (TPSA) is 34.1 Å². The smallest absolute Gasteiger partial charge is 0.164 e. The molecule has 0 radical (unpaired) electrons. The number of benzene rings is 2. The van der Waals surface area contributed by atoms with Gasteiger partial charge in [-0.3, -0.25) is 4.99 Å². The summed E-state index contributed by atoms with van der Waals surface area (Å²) in [5.74, 6) is 1.75. The Morgan fingerprint density at radius 2 is 1.48 bits per heavy atom. The third kappa shape index (κ3) is 3.12. The minimum atomic E-state index is 0.871. The molecule has 0 bridgehead atoms. The monoisotopic (exact) mass is 352 g/mol. The number of amidine groups is 1. The molecule has 2 aliphatic heterocycles. The second kappa shape index (κ2) is 6.84. The maximum Gasteiger partial charge on any atom is 0.164 e. The molecule has 0 saturated carbocycles. The Balaban J connectivity index is 1.79. The van der Waals surface area contributed by atoms with Gasteiger partial charge in [-0.2, -0.15) is 0 Å². The molecule has 0 amide bonds. The number of thioether (sulfide) groups is 1. The van der Waals surface area contributed by atoms with Crippen LogP contribution in [0.4, 0.5) is 0 Å². The van der Waals surface area contributed by atoms with Crippen LogP contribution in [0.2, 0.25) is 0 Å². The van der Waals surface area contributed by atoms with Gasteiger partial charge in [0.25, 0.3) is 0 Å². The van der Waals surface area contributed by atoms with E-state index < -0.39 is 0 Å². The summed E-state index contributed by atoms with van der Waals surface area (Å²) in [6.07, 6.45) is 0. The van der Waals surface area contributed by atoms with E-state index in [1.165, 1.54) is 21.6 Å². The van der Waals surface area contributed by atoms with Gasteiger partial charge in [-0.25, -0.2) is 0 Å². The number of fused-ring (bicyclic) bond motifs is 1. The van der Waals surface area contributed by atoms with Crippen molar-refractivity contribution in [3.05, 3.63) is 59.7 Å². The molecule has 0 atom stereocenters. The fourth-order valence-corrected chi connectivity index (χ4v) is 4.29. The number of methoxy groups -OCH3 is 2. The maximum absolute atomic E-state index is 5.30. The van der Waals surface area contributed by atoms with Crippen LogP contribution in [-0.4, -0.2) is 43.9 Å². The summed E-state index contributed by atoms with van der Waals surface area (Å²) in [4.78, 5) is 8.28. The van der Waals surface area contributed by atoms with E-state index in [1.54, 1.807) is 26.0 Å². The molecular weight excluding hydrogens is 332 g/mol. The van der Waals surface area contributed by atoms with Crippen molar-refractivity contribution in [1.82, 2.24) is 4.90 Å². The van der Waals surface area contributed by atoms with E-state index in [0.29, 0.717) is 0 Å². The summed E-state index contributed by atoms with van der Waals surface area (Å²) in [6, 6.07) is 16.6. The van der Waals surface area contributed by atoms with Crippen LogP contribution in [0.1, 0.15) is 11.1 Å². The van der Waals surface area contributed by atoms with Gasteiger partial charge in [0, 0.05) is 18.0 Å². The first-order valence-electron chi connectivity index (χ1n) is 8.28. The lowest BCUT2D eigenvalue weighted by molar-refractivity contribution is 0.414. The Hall–Kier alpha value is -2.40. The Kier molecular flexibility index (Phi) is 4.40. The molecule has 0 N–H and O–H groups in total. The van der Waals surface area contributed by atoms with Crippen molar-refractivity contribution in [3.8, 4) is 11.5 Å². The lowest BCUT2D eigenvalue weighted by Gasteiger charge is -2.29. The highest BCUT2D eigenvalue weighted by molar-refractivity contribution is 8.21. The van der Waals surface area contributed by atoms with Crippen molar-refractivity contribution in [2.24, 2.45) is 4.99 Å². The van der Waals surface area contributed by atoms with Crippen LogP contribution in [0.5, 0.6) is 11.5 Å². The normalized spacial score (nSPS) is 16.6. The van der Waals surface area contributed by atoms with Crippen molar-refractivity contribution in [3.63, 3.8) is 0 Å². The summed E-state index contributed by atoms with van der Waals surface area (Å²) >= 11 is 1.77. The summed E-state index contributed by atoms with van der Waals surface area (Å²) in [5, 5.41) is 1.13. The number of nitrogens with zero attached hydrogens (tertiary/aromatic N) is 2. The van der Waals surface area contributed by atoms with E-state index in [-0.39, 0.29) is 0 Å². The largest absolute Gasteiger partial charge is 0.497 e. The molecule has 4 rings (SSSR count). The molecule has 2 heterocycles. The summed E-state index contributed by atoms with van der Waals surface area (Å²) in [7, 11) is 3.39. The van der Waals surface area contributed by atoms with Crippen LogP contribution in [0.3, 0.4) is 0 Å². The highest BCUT2D eigenvalue weighted by Crippen LogP contribution is 2.42. The molecule has 5 heteroatoms. The minimum Gasteiger partial charge on any atom is -0.497 e. The molecule has 4 nitrogen and oxygen atoms in total. The van der Waals surface area contributed by atoms with E-state index in [4.69, 9.17) is 9.47 Å². The van der Waals surface area contributed by atoms with Gasteiger partial charge < -0.3 is 14.4 Å². The first-order chi connectivity index (χ1) is 12.3. The van der Waals surface area contributed by atoms with Crippen LogP contribution in [0, 0.1) is 0 Å². The lowest BCUT2D eigenvalue weighted by Crippen LogP contribution is -2.30. The first kappa shape index (κ1) is 16.1. The second-order valence-corrected chi connectivity index (χ2v) is 6.93. The zero-order valence-electron chi connectivity index (χ0n) is 14.4. The van der Waals surface area contributed by atoms with Gasteiger partial charge in [-0.1, -0.05) is 36.0 Å². The molecule has 0 saturated heterocycles. The van der Waals surface area contributed by atoms with Crippen LogP contribution >= 0.6 is 11.8 Å². The molecule has 0 aromatic heterocycles. The van der Waals surface area contributed by atoms with Gasteiger partial charge in [0.2, 0.25) is 0 Å². The number of hydrogen-bond donors (Lipinski definition) is 0. The van der Waals surface area contributed by atoms with Gasteiger partial charge in [0.1, 0.15) is 11.5 Å². The van der Waals surface area contributed by atoms with Crippen LogP contribution in [0.25, 0.3) is 10.5 Å². The molecule has 2 aromatic rings. The molecule has 2 aromatic carbocycles. The molecule has 0 aliphatic carbocycles. The highest BCUT2D eigenvalue weighted by atomic mass is 32.2. The third-order valence-corrected chi connectivity index (χ3v) is 5.75. The zero-order chi connectivity index (χ0) is 17.2. The fraction of sp³-hybridized carbons (Fsp3) is 0.250. The van der Waals surface area contributed by atoms with Gasteiger partial charge in [-0.05, 0) is 41.0 Å². The Labute approximate surface area is 152 Å². The van der Waals surface area contributed by atoms with Crippen LogP contribution in [0.15, 0.2) is 53.5 Å². The molecule has 128 valence electrons. The Morgan fingerprint density at radius 1 is 0.880 bits per heavy atom. The first-order valence-corrected chi connectivity index (χ1v) is 9.09. The predicted octanol–water partition coefficient (Wildman–Crippen LogP) is 3.99. The van der Waals surface area contributed by atoms with Crippen molar-refractivity contribution in [2.75, 3.05) is 33.9 Å². The van der Waals surface area contributed by atoms with E-state index in [1.807, 2.05) is 24.3 Å². The molecule has 0 spiro atoms. The molecule has 0 unspecified atom stereocenters. The third-order valence-electron chi connectivity index (χ3n) is 4.49. The quantitative estimate of drug-likeness (QED) is 0.833. The maximum atomic E-state index is 5.30. The molecular formula is C20H20N2O2S. The average Bonchev–Trinajstić information content (AvgIpc) is 3.15. The minimum absolute atomic E-state index is 0.871. The second-order valence-electron chi connectivity index (χ2n) is 5.95. The van der Waals surface area contributed by atoms with Gasteiger partial charge in [0.15, 0.2) is 5.17 Å². The average molecular weight is 352 g/mol. The summed E-state index contributed by atoms with van der Waals surface area (Å²) in [6.45, 7) is 2.77. The van der Waals surface area contributed by atoms with Crippen molar-refractivity contribution in [2.45, 2.75) is 0 Å². The molecule has 0 fully saturated rings. The SMILES string of the molecule is COc1ccc(C2=C(c3ccc(OC)cc3)SC3=NCCN3C2)cc1. The predicted molar refractivity (Wildman–Crippen MR) is 104 cm³/mol. The lowest BCUT2D eigenvalue weighted by atomic mass is 10.0. The number of ether oxygens (including phenoxy) is 2. The van der Waals surface area contributed by atoms with Crippen LogP contribution in [-0.2, 0) is 0 Å². The number of rotatable bonds is 4. The van der Waals surface area contributed by atoms with Crippen LogP contribution < -0.4 is 9.47 Å². The van der Waals surface area contributed by atoms with E-state index in [9.17, 15) is 0 Å².